The molecule has 0 fully saturated rings. The van der Waals surface area contributed by atoms with Crippen LogP contribution in [0.15, 0.2) is 36.4 Å². The number of aromatic hydroxyl groups is 1. The summed E-state index contributed by atoms with van der Waals surface area (Å²) in [6.07, 6.45) is 0. The maximum Gasteiger partial charge on any atom is 0.162 e. The average molecular weight is 278 g/mol. The molecule has 0 atom stereocenters. The van der Waals surface area contributed by atoms with E-state index in [2.05, 4.69) is 5.32 Å². The molecule has 2 rings (SSSR count). The van der Waals surface area contributed by atoms with Crippen LogP contribution in [-0.2, 0) is 6.54 Å². The minimum absolute atomic E-state index is 0.154. The number of ether oxygens (including phenoxy) is 1. The molecular formula is C15H16ClNO2. The van der Waals surface area contributed by atoms with E-state index in [0.717, 1.165) is 16.8 Å². The van der Waals surface area contributed by atoms with Crippen LogP contribution in [0.2, 0.25) is 5.02 Å². The normalized spacial score (nSPS) is 10.3. The number of halogens is 1. The summed E-state index contributed by atoms with van der Waals surface area (Å²) in [5, 5.41) is 13.9. The van der Waals surface area contributed by atoms with Crippen LogP contribution in [0.4, 0.5) is 5.69 Å². The van der Waals surface area contributed by atoms with Crippen molar-refractivity contribution < 1.29 is 9.84 Å². The van der Waals surface area contributed by atoms with Crippen LogP contribution in [0.5, 0.6) is 11.5 Å². The third-order valence-corrected chi connectivity index (χ3v) is 3.22. The lowest BCUT2D eigenvalue weighted by atomic mass is 10.1. The molecule has 0 bridgehead atoms. The van der Waals surface area contributed by atoms with E-state index in [1.807, 2.05) is 37.3 Å². The molecule has 0 radical (unpaired) electrons. The van der Waals surface area contributed by atoms with E-state index in [1.54, 1.807) is 6.07 Å². The van der Waals surface area contributed by atoms with Gasteiger partial charge in [-0.1, -0.05) is 29.8 Å². The summed E-state index contributed by atoms with van der Waals surface area (Å²) in [5.41, 5.74) is 2.74. The number of phenolic OH excluding ortho intramolecular Hbond substituents is 1. The number of phenols is 1. The van der Waals surface area contributed by atoms with Crippen molar-refractivity contribution in [2.45, 2.75) is 13.5 Å². The van der Waals surface area contributed by atoms with Gasteiger partial charge in [-0.15, -0.1) is 0 Å². The Labute approximate surface area is 117 Å². The molecule has 0 aliphatic carbocycles. The standard InChI is InChI=1S/C15H16ClNO2/c1-10-6-7-12(16)13(8-10)17-9-11-4-3-5-14(19-2)15(11)18/h3-8,17-18H,9H2,1-2H3. The molecule has 2 aromatic rings. The Hall–Kier alpha value is -1.87. The zero-order valence-electron chi connectivity index (χ0n) is 10.9. The lowest BCUT2D eigenvalue weighted by Gasteiger charge is -2.12. The van der Waals surface area contributed by atoms with Gasteiger partial charge in [-0.2, -0.15) is 0 Å². The molecule has 0 aromatic heterocycles. The lowest BCUT2D eigenvalue weighted by molar-refractivity contribution is 0.371. The monoisotopic (exact) mass is 277 g/mol. The van der Waals surface area contributed by atoms with Crippen LogP contribution in [0, 0.1) is 6.92 Å². The number of hydrogen-bond acceptors (Lipinski definition) is 3. The van der Waals surface area contributed by atoms with Gasteiger partial charge in [0.05, 0.1) is 17.8 Å². The summed E-state index contributed by atoms with van der Waals surface area (Å²) < 4.78 is 5.08. The molecule has 0 saturated heterocycles. The Bertz CT molecular complexity index is 584. The first-order chi connectivity index (χ1) is 9.11. The van der Waals surface area contributed by atoms with E-state index in [1.165, 1.54) is 7.11 Å². The molecule has 0 aliphatic heterocycles. The highest BCUT2D eigenvalue weighted by Crippen LogP contribution is 2.30. The Morgan fingerprint density at radius 2 is 2.05 bits per heavy atom. The second kappa shape index (κ2) is 5.85. The van der Waals surface area contributed by atoms with Crippen molar-refractivity contribution in [3.8, 4) is 11.5 Å². The highest BCUT2D eigenvalue weighted by atomic mass is 35.5. The molecule has 19 heavy (non-hydrogen) atoms. The molecule has 0 aliphatic rings. The van der Waals surface area contributed by atoms with E-state index in [9.17, 15) is 5.11 Å². The zero-order valence-corrected chi connectivity index (χ0v) is 11.7. The third kappa shape index (κ3) is 3.12. The van der Waals surface area contributed by atoms with Crippen molar-refractivity contribution in [1.82, 2.24) is 0 Å². The highest BCUT2D eigenvalue weighted by Gasteiger charge is 2.07. The van der Waals surface area contributed by atoms with Crippen molar-refractivity contribution in [1.29, 1.82) is 0 Å². The van der Waals surface area contributed by atoms with Crippen LogP contribution in [0.25, 0.3) is 0 Å². The van der Waals surface area contributed by atoms with Crippen molar-refractivity contribution in [3.05, 3.63) is 52.5 Å². The quantitative estimate of drug-likeness (QED) is 0.888. The number of para-hydroxylation sites is 1. The number of hydrogen-bond donors (Lipinski definition) is 2. The van der Waals surface area contributed by atoms with E-state index < -0.39 is 0 Å². The Balaban J connectivity index is 2.17. The summed E-state index contributed by atoms with van der Waals surface area (Å²) in [7, 11) is 1.53. The van der Waals surface area contributed by atoms with Crippen LogP contribution in [0.1, 0.15) is 11.1 Å². The maximum atomic E-state index is 9.99. The Kier molecular flexibility index (Phi) is 4.17. The Morgan fingerprint density at radius 1 is 1.26 bits per heavy atom. The van der Waals surface area contributed by atoms with Crippen LogP contribution >= 0.6 is 11.6 Å². The molecule has 0 unspecified atom stereocenters. The summed E-state index contributed by atoms with van der Waals surface area (Å²) in [6.45, 7) is 2.48. The first-order valence-electron chi connectivity index (χ1n) is 5.96. The number of methoxy groups -OCH3 is 1. The van der Waals surface area contributed by atoms with Crippen LogP contribution < -0.4 is 10.1 Å². The van der Waals surface area contributed by atoms with Gasteiger partial charge in [0.25, 0.3) is 0 Å². The third-order valence-electron chi connectivity index (χ3n) is 2.89. The minimum Gasteiger partial charge on any atom is -0.504 e. The van der Waals surface area contributed by atoms with Gasteiger partial charge < -0.3 is 15.2 Å². The smallest absolute Gasteiger partial charge is 0.162 e. The second-order valence-corrected chi connectivity index (χ2v) is 4.71. The summed E-state index contributed by atoms with van der Waals surface area (Å²) >= 11 is 6.11. The van der Waals surface area contributed by atoms with E-state index >= 15 is 0 Å². The molecule has 0 saturated carbocycles. The lowest BCUT2D eigenvalue weighted by Crippen LogP contribution is -2.01. The van der Waals surface area contributed by atoms with Gasteiger partial charge in [0.2, 0.25) is 0 Å². The number of rotatable bonds is 4. The van der Waals surface area contributed by atoms with E-state index in [4.69, 9.17) is 16.3 Å². The van der Waals surface area contributed by atoms with E-state index in [0.29, 0.717) is 17.3 Å². The fourth-order valence-corrected chi connectivity index (χ4v) is 2.02. The van der Waals surface area contributed by atoms with Gasteiger partial charge in [-0.3, -0.25) is 0 Å². The number of benzene rings is 2. The van der Waals surface area contributed by atoms with Gasteiger partial charge in [0.1, 0.15) is 0 Å². The SMILES string of the molecule is COc1cccc(CNc2cc(C)ccc2Cl)c1O. The predicted molar refractivity (Wildman–Crippen MR) is 78.2 cm³/mol. The van der Waals surface area contributed by atoms with Gasteiger partial charge in [0, 0.05) is 12.1 Å². The van der Waals surface area contributed by atoms with Gasteiger partial charge in [-0.05, 0) is 30.7 Å². The van der Waals surface area contributed by atoms with Crippen molar-refractivity contribution in [2.24, 2.45) is 0 Å². The van der Waals surface area contributed by atoms with Crippen LogP contribution in [0.3, 0.4) is 0 Å². The van der Waals surface area contributed by atoms with Gasteiger partial charge >= 0.3 is 0 Å². The predicted octanol–water partition coefficient (Wildman–Crippen LogP) is 3.97. The largest absolute Gasteiger partial charge is 0.504 e. The van der Waals surface area contributed by atoms with Gasteiger partial charge in [-0.25, -0.2) is 0 Å². The fourth-order valence-electron chi connectivity index (χ4n) is 1.84. The molecule has 2 N–H and O–H groups in total. The number of anilines is 1. The maximum absolute atomic E-state index is 9.99. The average Bonchev–Trinajstić information content (AvgIpc) is 2.41. The molecular weight excluding hydrogens is 262 g/mol. The van der Waals surface area contributed by atoms with Crippen molar-refractivity contribution in [2.75, 3.05) is 12.4 Å². The fraction of sp³-hybridized carbons (Fsp3) is 0.200. The van der Waals surface area contributed by atoms with Gasteiger partial charge in [0.15, 0.2) is 11.5 Å². The Morgan fingerprint density at radius 3 is 2.79 bits per heavy atom. The second-order valence-electron chi connectivity index (χ2n) is 4.30. The first-order valence-corrected chi connectivity index (χ1v) is 6.34. The van der Waals surface area contributed by atoms with Crippen molar-refractivity contribution >= 4 is 17.3 Å². The first kappa shape index (κ1) is 13.6. The highest BCUT2D eigenvalue weighted by molar-refractivity contribution is 6.33. The van der Waals surface area contributed by atoms with Crippen LogP contribution in [-0.4, -0.2) is 12.2 Å². The molecule has 100 valence electrons. The molecule has 0 heterocycles. The summed E-state index contributed by atoms with van der Waals surface area (Å²) in [6, 6.07) is 11.2. The molecule has 3 nitrogen and oxygen atoms in total. The van der Waals surface area contributed by atoms with Crippen molar-refractivity contribution in [3.63, 3.8) is 0 Å². The summed E-state index contributed by atoms with van der Waals surface area (Å²) in [5.74, 6) is 0.621. The molecule has 0 spiro atoms. The molecule has 0 amide bonds. The topological polar surface area (TPSA) is 41.5 Å². The van der Waals surface area contributed by atoms with E-state index in [-0.39, 0.29) is 5.75 Å². The molecule has 2 aromatic carbocycles. The molecule has 4 heteroatoms. The minimum atomic E-state index is 0.154. The zero-order chi connectivity index (χ0) is 13.8. The number of aryl methyl sites for hydroxylation is 1. The number of nitrogens with one attached hydrogen (secondary N) is 1. The summed E-state index contributed by atoms with van der Waals surface area (Å²) in [4.78, 5) is 0.